The SMILES string of the molecule is CC(C)=CC[C@H]1C(C)=CC[C@H]2C(=O)c3c(C=O)c(O)c(O)c(C(C)C)c3C(=O)[C@]21C. The smallest absolute Gasteiger partial charge is 0.171 e. The molecule has 0 bridgehead atoms. The first-order valence-electron chi connectivity index (χ1n) is 10.4. The summed E-state index contributed by atoms with van der Waals surface area (Å²) in [6.07, 6.45) is 5.49. The number of Topliss-reactive ketones (excluding diaryl/α,β-unsaturated/α-hetero) is 2. The summed E-state index contributed by atoms with van der Waals surface area (Å²) in [5.74, 6) is -2.75. The fourth-order valence-corrected chi connectivity index (χ4v) is 5.26. The largest absolute Gasteiger partial charge is 0.504 e. The van der Waals surface area contributed by atoms with E-state index < -0.39 is 22.8 Å². The summed E-state index contributed by atoms with van der Waals surface area (Å²) in [5, 5.41) is 21.0. The Bertz CT molecular complexity index is 1010. The fourth-order valence-electron chi connectivity index (χ4n) is 5.26. The highest BCUT2D eigenvalue weighted by Crippen LogP contribution is 2.56. The highest BCUT2D eigenvalue weighted by molar-refractivity contribution is 6.22. The molecule has 2 aliphatic rings. The third kappa shape index (κ3) is 2.94. The maximum absolute atomic E-state index is 14.1. The van der Waals surface area contributed by atoms with E-state index in [0.29, 0.717) is 19.1 Å². The van der Waals surface area contributed by atoms with E-state index in [-0.39, 0.29) is 45.7 Å². The molecule has 1 aromatic rings. The van der Waals surface area contributed by atoms with E-state index in [1.165, 1.54) is 0 Å². The zero-order chi connectivity index (χ0) is 22.5. The predicted molar refractivity (Wildman–Crippen MR) is 115 cm³/mol. The van der Waals surface area contributed by atoms with E-state index in [0.717, 1.165) is 11.1 Å². The normalized spacial score (nSPS) is 25.5. The number of phenolic OH excluding ortho intramolecular Hbond substituents is 2. The van der Waals surface area contributed by atoms with Gasteiger partial charge < -0.3 is 10.2 Å². The molecule has 2 N–H and O–H groups in total. The zero-order valence-electron chi connectivity index (χ0n) is 18.5. The lowest BCUT2D eigenvalue weighted by Gasteiger charge is -2.48. The van der Waals surface area contributed by atoms with Crippen molar-refractivity contribution in [3.8, 4) is 11.5 Å². The first-order chi connectivity index (χ1) is 14.0. The monoisotopic (exact) mass is 410 g/mol. The number of aldehydes is 1. The lowest BCUT2D eigenvalue weighted by Crippen LogP contribution is -2.52. The average molecular weight is 411 g/mol. The number of ketones is 2. The van der Waals surface area contributed by atoms with Crippen LogP contribution in [0, 0.1) is 17.3 Å². The van der Waals surface area contributed by atoms with Crippen molar-refractivity contribution in [3.05, 3.63) is 45.6 Å². The molecule has 0 fully saturated rings. The number of fused-ring (bicyclic) bond motifs is 2. The van der Waals surface area contributed by atoms with Crippen LogP contribution in [0.3, 0.4) is 0 Å². The van der Waals surface area contributed by atoms with Crippen LogP contribution in [0.15, 0.2) is 23.3 Å². The Labute approximate surface area is 177 Å². The van der Waals surface area contributed by atoms with Crippen molar-refractivity contribution in [1.82, 2.24) is 0 Å². The van der Waals surface area contributed by atoms with Crippen LogP contribution in [-0.4, -0.2) is 28.1 Å². The van der Waals surface area contributed by atoms with Crippen molar-refractivity contribution in [3.63, 3.8) is 0 Å². The van der Waals surface area contributed by atoms with Gasteiger partial charge in [0, 0.05) is 28.0 Å². The summed E-state index contributed by atoms with van der Waals surface area (Å²) in [6, 6.07) is 0. The molecule has 0 aliphatic heterocycles. The summed E-state index contributed by atoms with van der Waals surface area (Å²) >= 11 is 0. The molecular weight excluding hydrogens is 380 g/mol. The minimum absolute atomic E-state index is 0.0367. The van der Waals surface area contributed by atoms with E-state index in [2.05, 4.69) is 6.08 Å². The molecule has 160 valence electrons. The Morgan fingerprint density at radius 3 is 2.37 bits per heavy atom. The van der Waals surface area contributed by atoms with Gasteiger partial charge >= 0.3 is 0 Å². The van der Waals surface area contributed by atoms with E-state index in [4.69, 9.17) is 0 Å². The lowest BCUT2D eigenvalue weighted by atomic mass is 9.52. The van der Waals surface area contributed by atoms with Crippen LogP contribution in [-0.2, 0) is 0 Å². The van der Waals surface area contributed by atoms with Gasteiger partial charge in [0.1, 0.15) is 0 Å². The maximum Gasteiger partial charge on any atom is 0.171 e. The second-order valence-electron chi connectivity index (χ2n) is 9.33. The molecule has 5 nitrogen and oxygen atoms in total. The van der Waals surface area contributed by atoms with Crippen LogP contribution in [0.1, 0.15) is 96.9 Å². The molecule has 3 rings (SSSR count). The molecule has 0 unspecified atom stereocenters. The molecule has 2 aliphatic carbocycles. The van der Waals surface area contributed by atoms with Crippen LogP contribution < -0.4 is 0 Å². The van der Waals surface area contributed by atoms with E-state index in [9.17, 15) is 24.6 Å². The number of hydrogen-bond acceptors (Lipinski definition) is 5. The molecule has 0 radical (unpaired) electrons. The Morgan fingerprint density at radius 1 is 1.20 bits per heavy atom. The number of carbonyl (C=O) groups is 3. The van der Waals surface area contributed by atoms with Gasteiger partial charge in [-0.05, 0) is 45.4 Å². The number of aromatic hydroxyl groups is 2. The topological polar surface area (TPSA) is 91.7 Å². The quantitative estimate of drug-likeness (QED) is 0.396. The molecule has 3 atom stereocenters. The number of allylic oxidation sites excluding steroid dienone is 4. The Hall–Kier alpha value is -2.69. The van der Waals surface area contributed by atoms with Crippen molar-refractivity contribution in [2.75, 3.05) is 0 Å². The number of hydrogen-bond donors (Lipinski definition) is 2. The van der Waals surface area contributed by atoms with Crippen LogP contribution in [0.5, 0.6) is 11.5 Å². The van der Waals surface area contributed by atoms with Gasteiger partial charge in [0.25, 0.3) is 0 Å². The van der Waals surface area contributed by atoms with E-state index >= 15 is 0 Å². The molecule has 0 spiro atoms. The summed E-state index contributed by atoms with van der Waals surface area (Å²) < 4.78 is 0. The van der Waals surface area contributed by atoms with Crippen LogP contribution in [0.4, 0.5) is 0 Å². The molecular formula is C25H30O5. The minimum atomic E-state index is -0.984. The van der Waals surface area contributed by atoms with Crippen molar-refractivity contribution in [1.29, 1.82) is 0 Å². The maximum atomic E-state index is 14.1. The number of phenols is 2. The lowest BCUT2D eigenvalue weighted by molar-refractivity contribution is 0.0439. The standard InChI is InChI=1S/C25H30O5/c1-12(2)7-9-16-14(5)8-10-17-22(28)19-15(11-26)21(27)23(29)18(13(3)4)20(19)24(30)25(16,17)6/h7-8,11,13,16-17,27,29H,9-10H2,1-6H3/t16-,17-,25-/m0/s1. The van der Waals surface area contributed by atoms with Crippen molar-refractivity contribution >= 4 is 17.9 Å². The Morgan fingerprint density at radius 2 is 1.83 bits per heavy atom. The Kier molecular flexibility index (Phi) is 5.52. The number of benzene rings is 1. The van der Waals surface area contributed by atoms with E-state index in [1.54, 1.807) is 13.8 Å². The average Bonchev–Trinajstić information content (AvgIpc) is 2.66. The van der Waals surface area contributed by atoms with Crippen molar-refractivity contribution < 1.29 is 24.6 Å². The molecule has 0 saturated carbocycles. The predicted octanol–water partition coefficient (Wildman–Crippen LogP) is 5.36. The third-order valence-electron chi connectivity index (χ3n) is 6.93. The molecule has 0 saturated heterocycles. The minimum Gasteiger partial charge on any atom is -0.504 e. The van der Waals surface area contributed by atoms with Crippen LogP contribution in [0.2, 0.25) is 0 Å². The Balaban J connectivity index is 2.37. The fraction of sp³-hybridized carbons (Fsp3) is 0.480. The van der Waals surface area contributed by atoms with Gasteiger partial charge in [0.05, 0.1) is 5.56 Å². The molecule has 0 aromatic heterocycles. The highest BCUT2D eigenvalue weighted by atomic mass is 16.3. The molecule has 0 amide bonds. The summed E-state index contributed by atoms with van der Waals surface area (Å²) in [7, 11) is 0. The van der Waals surface area contributed by atoms with Gasteiger partial charge in [0.15, 0.2) is 29.4 Å². The van der Waals surface area contributed by atoms with Gasteiger partial charge in [-0.2, -0.15) is 0 Å². The van der Waals surface area contributed by atoms with Crippen molar-refractivity contribution in [2.24, 2.45) is 17.3 Å². The van der Waals surface area contributed by atoms with Crippen LogP contribution in [0.25, 0.3) is 0 Å². The number of rotatable bonds is 4. The second-order valence-corrected chi connectivity index (χ2v) is 9.33. The summed E-state index contributed by atoms with van der Waals surface area (Å²) in [4.78, 5) is 39.5. The third-order valence-corrected chi connectivity index (χ3v) is 6.93. The van der Waals surface area contributed by atoms with Crippen LogP contribution >= 0.6 is 0 Å². The van der Waals surface area contributed by atoms with Gasteiger partial charge in [-0.25, -0.2) is 0 Å². The summed E-state index contributed by atoms with van der Waals surface area (Å²) in [6.45, 7) is 11.4. The molecule has 30 heavy (non-hydrogen) atoms. The molecule has 1 aromatic carbocycles. The summed E-state index contributed by atoms with van der Waals surface area (Å²) in [5.41, 5.74) is 1.23. The first-order valence-corrected chi connectivity index (χ1v) is 10.4. The number of carbonyl (C=O) groups excluding carboxylic acids is 3. The van der Waals surface area contributed by atoms with Gasteiger partial charge in [-0.3, -0.25) is 14.4 Å². The first kappa shape index (κ1) is 22.0. The highest BCUT2D eigenvalue weighted by Gasteiger charge is 2.57. The van der Waals surface area contributed by atoms with Gasteiger partial charge in [-0.15, -0.1) is 0 Å². The van der Waals surface area contributed by atoms with Gasteiger partial charge in [-0.1, -0.05) is 44.1 Å². The second kappa shape index (κ2) is 7.53. The molecule has 0 heterocycles. The molecule has 5 heteroatoms. The van der Waals surface area contributed by atoms with Crippen molar-refractivity contribution in [2.45, 2.75) is 60.3 Å². The van der Waals surface area contributed by atoms with Gasteiger partial charge in [0.2, 0.25) is 0 Å². The zero-order valence-corrected chi connectivity index (χ0v) is 18.5. The van der Waals surface area contributed by atoms with E-state index in [1.807, 2.05) is 33.8 Å².